The molecule has 4 heteroatoms. The van der Waals surface area contributed by atoms with Gasteiger partial charge < -0.3 is 4.98 Å². The van der Waals surface area contributed by atoms with Crippen molar-refractivity contribution in [2.75, 3.05) is 6.54 Å². The Kier molecular flexibility index (Phi) is 3.42. The SMILES string of the molecule is Cc1ccnc([C@@]2(C)CCCN2Cc2ccc3cc[nH]c3c2)n1. The lowest BCUT2D eigenvalue weighted by Crippen LogP contribution is -2.39. The first kappa shape index (κ1) is 14.4. The maximum absolute atomic E-state index is 4.70. The molecule has 1 aromatic carbocycles. The molecule has 1 atom stereocenters. The number of H-pyrrole nitrogens is 1. The molecule has 23 heavy (non-hydrogen) atoms. The number of aromatic amines is 1. The van der Waals surface area contributed by atoms with E-state index >= 15 is 0 Å². The minimum atomic E-state index is -0.0727. The molecule has 4 rings (SSSR count). The Balaban J connectivity index is 1.64. The predicted molar refractivity (Wildman–Crippen MR) is 92.1 cm³/mol. The van der Waals surface area contributed by atoms with Gasteiger partial charge in [-0.2, -0.15) is 0 Å². The highest BCUT2D eigenvalue weighted by atomic mass is 15.2. The molecule has 1 fully saturated rings. The van der Waals surface area contributed by atoms with E-state index in [1.807, 2.05) is 25.4 Å². The number of hydrogen-bond donors (Lipinski definition) is 1. The average molecular weight is 306 g/mol. The predicted octanol–water partition coefficient (Wildman–Crippen LogP) is 3.78. The van der Waals surface area contributed by atoms with E-state index in [2.05, 4.69) is 46.1 Å². The van der Waals surface area contributed by atoms with E-state index in [9.17, 15) is 0 Å². The van der Waals surface area contributed by atoms with Crippen LogP contribution in [-0.4, -0.2) is 26.4 Å². The van der Waals surface area contributed by atoms with Crippen LogP contribution < -0.4 is 0 Å². The van der Waals surface area contributed by atoms with Gasteiger partial charge >= 0.3 is 0 Å². The maximum Gasteiger partial charge on any atom is 0.148 e. The van der Waals surface area contributed by atoms with E-state index in [0.29, 0.717) is 0 Å². The van der Waals surface area contributed by atoms with E-state index < -0.39 is 0 Å². The van der Waals surface area contributed by atoms with Crippen molar-refractivity contribution in [3.8, 4) is 0 Å². The fraction of sp³-hybridized carbons (Fsp3) is 0.368. The number of aryl methyl sites for hydroxylation is 1. The molecule has 0 radical (unpaired) electrons. The van der Waals surface area contributed by atoms with Gasteiger partial charge in [0.25, 0.3) is 0 Å². The Morgan fingerprint density at radius 2 is 2.17 bits per heavy atom. The van der Waals surface area contributed by atoms with Crippen molar-refractivity contribution < 1.29 is 0 Å². The zero-order chi connectivity index (χ0) is 15.9. The topological polar surface area (TPSA) is 44.8 Å². The van der Waals surface area contributed by atoms with Gasteiger partial charge in [-0.3, -0.25) is 4.90 Å². The summed E-state index contributed by atoms with van der Waals surface area (Å²) in [6, 6.07) is 10.7. The fourth-order valence-electron chi connectivity index (χ4n) is 3.65. The Bertz CT molecular complexity index is 838. The molecular formula is C19H22N4. The van der Waals surface area contributed by atoms with Gasteiger partial charge in [0.15, 0.2) is 0 Å². The molecule has 3 heterocycles. The van der Waals surface area contributed by atoms with Gasteiger partial charge in [0.1, 0.15) is 5.82 Å². The highest BCUT2D eigenvalue weighted by Gasteiger charge is 2.40. The number of nitrogens with zero attached hydrogens (tertiary/aromatic N) is 3. The second-order valence-electron chi connectivity index (χ2n) is 6.72. The van der Waals surface area contributed by atoms with Crippen LogP contribution in [0.3, 0.4) is 0 Å². The van der Waals surface area contributed by atoms with Gasteiger partial charge in [0, 0.05) is 30.1 Å². The smallest absolute Gasteiger partial charge is 0.148 e. The average Bonchev–Trinajstić information content (AvgIpc) is 3.15. The molecule has 0 saturated carbocycles. The first-order chi connectivity index (χ1) is 11.1. The van der Waals surface area contributed by atoms with Crippen molar-refractivity contribution in [2.24, 2.45) is 0 Å². The third-order valence-electron chi connectivity index (χ3n) is 5.06. The molecule has 1 N–H and O–H groups in total. The Labute approximate surface area is 136 Å². The van der Waals surface area contributed by atoms with Crippen LogP contribution in [0.1, 0.15) is 36.8 Å². The monoisotopic (exact) mass is 306 g/mol. The van der Waals surface area contributed by atoms with Crippen molar-refractivity contribution in [2.45, 2.75) is 38.8 Å². The summed E-state index contributed by atoms with van der Waals surface area (Å²) in [5.41, 5.74) is 3.50. The quantitative estimate of drug-likeness (QED) is 0.801. The highest BCUT2D eigenvalue weighted by molar-refractivity contribution is 5.79. The summed E-state index contributed by atoms with van der Waals surface area (Å²) in [6.45, 7) is 6.34. The van der Waals surface area contributed by atoms with E-state index in [-0.39, 0.29) is 5.54 Å². The van der Waals surface area contributed by atoms with Crippen LogP contribution in [0.4, 0.5) is 0 Å². The second kappa shape index (κ2) is 5.46. The van der Waals surface area contributed by atoms with Crippen LogP contribution in [0.25, 0.3) is 10.9 Å². The lowest BCUT2D eigenvalue weighted by Gasteiger charge is -2.34. The molecule has 1 aliphatic rings. The molecule has 0 unspecified atom stereocenters. The van der Waals surface area contributed by atoms with Crippen molar-refractivity contribution in [3.63, 3.8) is 0 Å². The number of aromatic nitrogens is 3. The third-order valence-corrected chi connectivity index (χ3v) is 5.06. The number of likely N-dealkylation sites (tertiary alicyclic amines) is 1. The molecule has 118 valence electrons. The third kappa shape index (κ3) is 2.53. The molecule has 3 aromatic rings. The number of hydrogen-bond acceptors (Lipinski definition) is 3. The number of fused-ring (bicyclic) bond motifs is 1. The van der Waals surface area contributed by atoms with Gasteiger partial charge in [-0.25, -0.2) is 9.97 Å². The van der Waals surface area contributed by atoms with Crippen LogP contribution in [0.5, 0.6) is 0 Å². The molecule has 0 bridgehead atoms. The molecule has 0 aliphatic carbocycles. The minimum Gasteiger partial charge on any atom is -0.361 e. The summed E-state index contributed by atoms with van der Waals surface area (Å²) in [7, 11) is 0. The first-order valence-corrected chi connectivity index (χ1v) is 8.26. The highest BCUT2D eigenvalue weighted by Crippen LogP contribution is 2.37. The standard InChI is InChI=1S/C19H22N4/c1-14-6-9-21-18(22-14)19(2)8-3-11-23(19)13-15-4-5-16-7-10-20-17(16)12-15/h4-7,9-10,12,20H,3,8,11,13H2,1-2H3/t19-/m1/s1. The fourth-order valence-corrected chi connectivity index (χ4v) is 3.65. The van der Waals surface area contributed by atoms with Gasteiger partial charge in [0.2, 0.25) is 0 Å². The van der Waals surface area contributed by atoms with Gasteiger partial charge in [-0.05, 0) is 62.4 Å². The zero-order valence-corrected chi connectivity index (χ0v) is 13.7. The van der Waals surface area contributed by atoms with Crippen LogP contribution in [0.15, 0.2) is 42.7 Å². The van der Waals surface area contributed by atoms with E-state index in [0.717, 1.165) is 31.0 Å². The minimum absolute atomic E-state index is 0.0727. The summed E-state index contributed by atoms with van der Waals surface area (Å²) in [4.78, 5) is 15.1. The Morgan fingerprint density at radius 3 is 3.04 bits per heavy atom. The molecule has 4 nitrogen and oxygen atoms in total. The molecule has 1 saturated heterocycles. The number of benzene rings is 1. The van der Waals surface area contributed by atoms with Crippen molar-refractivity contribution in [1.82, 2.24) is 19.9 Å². The summed E-state index contributed by atoms with van der Waals surface area (Å²) in [5.74, 6) is 0.955. The summed E-state index contributed by atoms with van der Waals surface area (Å²) in [6.07, 6.45) is 6.18. The zero-order valence-electron chi connectivity index (χ0n) is 13.7. The Morgan fingerprint density at radius 1 is 1.26 bits per heavy atom. The normalized spacial score (nSPS) is 22.0. The van der Waals surface area contributed by atoms with Crippen LogP contribution in [0.2, 0.25) is 0 Å². The lowest BCUT2D eigenvalue weighted by molar-refractivity contribution is 0.137. The van der Waals surface area contributed by atoms with E-state index in [4.69, 9.17) is 4.98 Å². The lowest BCUT2D eigenvalue weighted by atomic mass is 9.97. The number of rotatable bonds is 3. The Hall–Kier alpha value is -2.20. The molecule has 2 aromatic heterocycles. The van der Waals surface area contributed by atoms with Crippen LogP contribution in [0, 0.1) is 6.92 Å². The maximum atomic E-state index is 4.70. The molecule has 1 aliphatic heterocycles. The van der Waals surface area contributed by atoms with E-state index in [1.54, 1.807) is 0 Å². The summed E-state index contributed by atoms with van der Waals surface area (Å²) >= 11 is 0. The first-order valence-electron chi connectivity index (χ1n) is 8.26. The van der Waals surface area contributed by atoms with Crippen LogP contribution in [-0.2, 0) is 12.1 Å². The van der Waals surface area contributed by atoms with Crippen molar-refractivity contribution in [3.05, 3.63) is 59.8 Å². The molecular weight excluding hydrogens is 284 g/mol. The second-order valence-corrected chi connectivity index (χ2v) is 6.72. The summed E-state index contributed by atoms with van der Waals surface area (Å²) in [5, 5.41) is 1.26. The molecule has 0 amide bonds. The molecule has 0 spiro atoms. The van der Waals surface area contributed by atoms with Gasteiger partial charge in [0.05, 0.1) is 5.54 Å². The van der Waals surface area contributed by atoms with Crippen LogP contribution >= 0.6 is 0 Å². The van der Waals surface area contributed by atoms with Gasteiger partial charge in [-0.1, -0.05) is 12.1 Å². The van der Waals surface area contributed by atoms with Gasteiger partial charge in [-0.15, -0.1) is 0 Å². The largest absolute Gasteiger partial charge is 0.361 e. The van der Waals surface area contributed by atoms with E-state index in [1.165, 1.54) is 22.9 Å². The summed E-state index contributed by atoms with van der Waals surface area (Å²) < 4.78 is 0. The van der Waals surface area contributed by atoms with Crippen molar-refractivity contribution >= 4 is 10.9 Å². The van der Waals surface area contributed by atoms with Crippen molar-refractivity contribution in [1.29, 1.82) is 0 Å². The number of nitrogens with one attached hydrogen (secondary N) is 1.